The second-order valence-electron chi connectivity index (χ2n) is 7.97. The van der Waals surface area contributed by atoms with Crippen molar-refractivity contribution in [3.05, 3.63) is 58.2 Å². The third kappa shape index (κ3) is 5.63. The highest BCUT2D eigenvalue weighted by molar-refractivity contribution is 6.32. The molecule has 0 fully saturated rings. The number of hydrogen-bond acceptors (Lipinski definition) is 7. The lowest BCUT2D eigenvalue weighted by Gasteiger charge is -2.26. The van der Waals surface area contributed by atoms with Gasteiger partial charge in [-0.1, -0.05) is 11.6 Å². The van der Waals surface area contributed by atoms with Gasteiger partial charge in [0.2, 0.25) is 5.95 Å². The highest BCUT2D eigenvalue weighted by Crippen LogP contribution is 2.34. The summed E-state index contributed by atoms with van der Waals surface area (Å²) in [7, 11) is 3.68. The fourth-order valence-electron chi connectivity index (χ4n) is 3.73. The monoisotopic (exact) mass is 493 g/mol. The van der Waals surface area contributed by atoms with Crippen molar-refractivity contribution in [2.75, 3.05) is 31.3 Å². The van der Waals surface area contributed by atoms with Gasteiger partial charge in [0.15, 0.2) is 5.82 Å². The van der Waals surface area contributed by atoms with Gasteiger partial charge in [0.1, 0.15) is 16.5 Å². The van der Waals surface area contributed by atoms with Crippen molar-refractivity contribution in [1.29, 1.82) is 0 Å². The summed E-state index contributed by atoms with van der Waals surface area (Å²) in [5.74, 6) is 0.941. The van der Waals surface area contributed by atoms with Crippen LogP contribution in [0, 0.1) is 6.92 Å². The largest absolute Gasteiger partial charge is 0.573 e. The van der Waals surface area contributed by atoms with E-state index >= 15 is 0 Å². The van der Waals surface area contributed by atoms with E-state index in [0.29, 0.717) is 22.8 Å². The Bertz CT molecular complexity index is 1210. The molecule has 0 saturated carbocycles. The number of benzene rings is 2. The highest BCUT2D eigenvalue weighted by atomic mass is 35.5. The molecule has 0 spiro atoms. The third-order valence-electron chi connectivity index (χ3n) is 5.40. The number of ether oxygens (including phenoxy) is 2. The molecule has 2 heterocycles. The van der Waals surface area contributed by atoms with Gasteiger partial charge in [-0.2, -0.15) is 4.98 Å². The quantitative estimate of drug-likeness (QED) is 0.448. The molecule has 1 aliphatic rings. The van der Waals surface area contributed by atoms with E-state index in [2.05, 4.69) is 37.3 Å². The average Bonchev–Trinajstić information content (AvgIpc) is 2.76. The first-order chi connectivity index (χ1) is 16.1. The first-order valence-corrected chi connectivity index (χ1v) is 10.8. The Labute approximate surface area is 199 Å². The molecule has 4 rings (SSSR count). The molecular formula is C23H23ClF3N5O2. The summed E-state index contributed by atoms with van der Waals surface area (Å²) < 4.78 is 46.9. The van der Waals surface area contributed by atoms with E-state index < -0.39 is 6.36 Å². The van der Waals surface area contributed by atoms with Crippen LogP contribution in [-0.2, 0) is 13.0 Å². The maximum Gasteiger partial charge on any atom is 0.573 e. The van der Waals surface area contributed by atoms with Crippen molar-refractivity contribution < 1.29 is 22.6 Å². The number of aromatic nitrogens is 2. The molecule has 2 N–H and O–H groups in total. The summed E-state index contributed by atoms with van der Waals surface area (Å²) in [6, 6.07) is 8.00. The number of nitrogens with zero attached hydrogens (tertiary/aromatic N) is 3. The molecule has 0 amide bonds. The second kappa shape index (κ2) is 9.55. The van der Waals surface area contributed by atoms with E-state index in [1.807, 2.05) is 12.1 Å². The zero-order valence-corrected chi connectivity index (χ0v) is 19.5. The lowest BCUT2D eigenvalue weighted by atomic mass is 9.99. The van der Waals surface area contributed by atoms with Crippen LogP contribution in [0.4, 0.5) is 36.3 Å². The Kier molecular flexibility index (Phi) is 6.72. The molecule has 3 aromatic rings. The van der Waals surface area contributed by atoms with E-state index in [-0.39, 0.29) is 16.7 Å². The zero-order valence-electron chi connectivity index (χ0n) is 18.8. The number of halogens is 4. The van der Waals surface area contributed by atoms with E-state index in [1.165, 1.54) is 35.5 Å². The Balaban J connectivity index is 1.57. The van der Waals surface area contributed by atoms with Gasteiger partial charge in [-0.15, -0.1) is 13.2 Å². The number of anilines is 4. The molecule has 11 heteroatoms. The average molecular weight is 494 g/mol. The fraction of sp³-hybridized carbons (Fsp3) is 0.304. The number of rotatable bonds is 6. The summed E-state index contributed by atoms with van der Waals surface area (Å²) in [5, 5.41) is 6.47. The molecule has 0 radical (unpaired) electrons. The Morgan fingerprint density at radius 3 is 2.59 bits per heavy atom. The van der Waals surface area contributed by atoms with Crippen molar-refractivity contribution in [3.63, 3.8) is 0 Å². The number of methoxy groups -OCH3 is 1. The van der Waals surface area contributed by atoms with E-state index in [4.69, 9.17) is 16.3 Å². The number of hydrogen-bond donors (Lipinski definition) is 2. The minimum Gasteiger partial charge on any atom is -0.495 e. The summed E-state index contributed by atoms with van der Waals surface area (Å²) in [4.78, 5) is 10.9. The van der Waals surface area contributed by atoms with Crippen LogP contribution in [0.15, 0.2) is 36.5 Å². The van der Waals surface area contributed by atoms with Crippen LogP contribution in [0.3, 0.4) is 0 Å². The highest BCUT2D eigenvalue weighted by Gasteiger charge is 2.31. The second-order valence-corrected chi connectivity index (χ2v) is 8.38. The van der Waals surface area contributed by atoms with Gasteiger partial charge in [0.25, 0.3) is 0 Å². The fourth-order valence-corrected chi connectivity index (χ4v) is 3.87. The van der Waals surface area contributed by atoms with Crippen molar-refractivity contribution in [2.45, 2.75) is 26.3 Å². The summed E-state index contributed by atoms with van der Waals surface area (Å²) >= 11 is 6.27. The van der Waals surface area contributed by atoms with Crippen LogP contribution >= 0.6 is 11.6 Å². The molecule has 0 saturated heterocycles. The Morgan fingerprint density at radius 2 is 1.88 bits per heavy atom. The van der Waals surface area contributed by atoms with Crippen LogP contribution in [0.1, 0.15) is 16.7 Å². The molecule has 2 aromatic carbocycles. The van der Waals surface area contributed by atoms with Crippen molar-refractivity contribution >= 4 is 34.7 Å². The molecule has 34 heavy (non-hydrogen) atoms. The molecular weight excluding hydrogens is 471 g/mol. The Morgan fingerprint density at radius 1 is 1.09 bits per heavy atom. The topological polar surface area (TPSA) is 71.5 Å². The van der Waals surface area contributed by atoms with Crippen LogP contribution < -0.4 is 20.1 Å². The molecule has 180 valence electrons. The molecule has 1 aromatic heterocycles. The lowest BCUT2D eigenvalue weighted by Crippen LogP contribution is -2.26. The number of alkyl halides is 3. The van der Waals surface area contributed by atoms with Gasteiger partial charge in [-0.3, -0.25) is 0 Å². The summed E-state index contributed by atoms with van der Waals surface area (Å²) in [6.07, 6.45) is -2.38. The van der Waals surface area contributed by atoms with Gasteiger partial charge < -0.3 is 25.0 Å². The minimum atomic E-state index is -4.76. The molecule has 7 nitrogen and oxygen atoms in total. The van der Waals surface area contributed by atoms with Crippen LogP contribution in [0.2, 0.25) is 5.02 Å². The first kappa shape index (κ1) is 23.9. The van der Waals surface area contributed by atoms with Gasteiger partial charge >= 0.3 is 6.36 Å². The molecule has 1 aliphatic heterocycles. The predicted molar refractivity (Wildman–Crippen MR) is 125 cm³/mol. The smallest absolute Gasteiger partial charge is 0.495 e. The normalized spacial score (nSPS) is 13.9. The van der Waals surface area contributed by atoms with Crippen LogP contribution in [0.5, 0.6) is 11.5 Å². The summed E-state index contributed by atoms with van der Waals surface area (Å²) in [5.41, 5.74) is 4.20. The van der Waals surface area contributed by atoms with Crippen molar-refractivity contribution in [1.82, 2.24) is 14.9 Å². The number of aryl methyl sites for hydroxylation is 1. The number of fused-ring (bicyclic) bond motifs is 1. The van der Waals surface area contributed by atoms with Gasteiger partial charge in [0, 0.05) is 18.8 Å². The number of likely N-dealkylation sites (N-methyl/N-ethyl adjacent to an activating group) is 1. The van der Waals surface area contributed by atoms with Gasteiger partial charge in [-0.25, -0.2) is 4.98 Å². The maximum absolute atomic E-state index is 12.5. The van der Waals surface area contributed by atoms with Crippen molar-refractivity contribution in [2.24, 2.45) is 0 Å². The summed E-state index contributed by atoms with van der Waals surface area (Å²) in [6.45, 7) is 3.46. The van der Waals surface area contributed by atoms with E-state index in [1.54, 1.807) is 14.0 Å². The van der Waals surface area contributed by atoms with Crippen LogP contribution in [-0.4, -0.2) is 41.9 Å². The van der Waals surface area contributed by atoms with E-state index in [9.17, 15) is 13.2 Å². The minimum absolute atomic E-state index is 0.250. The molecule has 0 atom stereocenters. The van der Waals surface area contributed by atoms with Gasteiger partial charge in [-0.05, 0) is 67.4 Å². The predicted octanol–water partition coefficient (Wildman–Crippen LogP) is 5.82. The SMILES string of the molecule is COc1cc2c(cc1Nc1ncc(Cl)c(Nc3ccc(OC(F)(F)F)cc3C)n1)CN(C)CC2. The molecule has 0 bridgehead atoms. The first-order valence-electron chi connectivity index (χ1n) is 10.4. The zero-order chi connectivity index (χ0) is 24.5. The maximum atomic E-state index is 12.5. The standard InChI is InChI=1S/C23H23ClF3N5O2/c1-13-8-16(34-23(25,26)27)4-5-18(13)29-21-17(24)11-28-22(31-21)30-19-9-15-12-32(2)7-6-14(15)10-20(19)33-3/h4-5,8-11H,6-7,12H2,1-3H3,(H2,28,29,30,31). The molecule has 0 aliphatic carbocycles. The lowest BCUT2D eigenvalue weighted by molar-refractivity contribution is -0.274. The van der Waals surface area contributed by atoms with E-state index in [0.717, 1.165) is 25.2 Å². The Hall–Kier alpha value is -3.24. The van der Waals surface area contributed by atoms with Gasteiger partial charge in [0.05, 0.1) is 19.0 Å². The van der Waals surface area contributed by atoms with Crippen molar-refractivity contribution in [3.8, 4) is 11.5 Å². The number of nitrogens with one attached hydrogen (secondary N) is 2. The third-order valence-corrected chi connectivity index (χ3v) is 5.68. The molecule has 0 unspecified atom stereocenters. The van der Waals surface area contributed by atoms with Crippen LogP contribution in [0.25, 0.3) is 0 Å².